The fourth-order valence-electron chi connectivity index (χ4n) is 1.58. The summed E-state index contributed by atoms with van der Waals surface area (Å²) in [6.45, 7) is 4.89. The predicted molar refractivity (Wildman–Crippen MR) is 79.2 cm³/mol. The van der Waals surface area contributed by atoms with Gasteiger partial charge in [0.1, 0.15) is 5.75 Å². The van der Waals surface area contributed by atoms with Crippen molar-refractivity contribution in [3.8, 4) is 5.75 Å². The van der Waals surface area contributed by atoms with Crippen LogP contribution in [0.5, 0.6) is 5.75 Å². The largest absolute Gasteiger partial charge is 0.508 e. The molecule has 22 heavy (non-hydrogen) atoms. The number of nitrogens with one attached hydrogen (secondary N) is 2. The highest BCUT2D eigenvalue weighted by Crippen LogP contribution is 2.10. The number of amides is 3. The van der Waals surface area contributed by atoms with Crippen molar-refractivity contribution in [2.75, 3.05) is 0 Å². The van der Waals surface area contributed by atoms with Crippen LogP contribution in [0.25, 0.3) is 0 Å². The van der Waals surface area contributed by atoms with Crippen molar-refractivity contribution in [2.45, 2.75) is 39.3 Å². The molecule has 3 N–H and O–H groups in total. The molecule has 0 aliphatic carbocycles. The van der Waals surface area contributed by atoms with E-state index in [0.29, 0.717) is 5.56 Å². The highest BCUT2D eigenvalue weighted by molar-refractivity contribution is 5.97. The molecule has 1 rings (SSSR count). The summed E-state index contributed by atoms with van der Waals surface area (Å²) < 4.78 is 4.96. The molecule has 3 amide bonds. The van der Waals surface area contributed by atoms with E-state index in [4.69, 9.17) is 9.84 Å². The Morgan fingerprint density at radius 2 is 1.73 bits per heavy atom. The minimum Gasteiger partial charge on any atom is -0.508 e. The standard InChI is InChI=1S/C15H20N2O5/c1-9(2)16-15(21)17-14(20)10(3)22-13(19)8-11-4-6-12(18)7-5-11/h4-7,9-10,18H,8H2,1-3H3,(H2,16,17,20,21)/t10-/m0/s1. The Morgan fingerprint density at radius 1 is 1.14 bits per heavy atom. The Balaban J connectivity index is 2.44. The number of imide groups is 1. The molecule has 1 atom stereocenters. The fraction of sp³-hybridized carbons (Fsp3) is 0.400. The molecule has 0 heterocycles. The second-order valence-electron chi connectivity index (χ2n) is 5.09. The highest BCUT2D eigenvalue weighted by atomic mass is 16.5. The van der Waals surface area contributed by atoms with E-state index in [1.165, 1.54) is 19.1 Å². The zero-order valence-electron chi connectivity index (χ0n) is 12.8. The number of carbonyl (C=O) groups excluding carboxylic acids is 3. The first kappa shape index (κ1) is 17.5. The number of aromatic hydroxyl groups is 1. The lowest BCUT2D eigenvalue weighted by atomic mass is 10.1. The molecular formula is C15H20N2O5. The molecule has 1 aromatic rings. The van der Waals surface area contributed by atoms with Crippen molar-refractivity contribution in [3.05, 3.63) is 29.8 Å². The smallest absolute Gasteiger partial charge is 0.321 e. The number of phenolic OH excluding ortho intramolecular Hbond substituents is 1. The minimum atomic E-state index is -1.08. The third kappa shape index (κ3) is 6.25. The van der Waals surface area contributed by atoms with Crippen LogP contribution in [0.4, 0.5) is 4.79 Å². The van der Waals surface area contributed by atoms with E-state index in [2.05, 4.69) is 10.6 Å². The van der Waals surface area contributed by atoms with E-state index in [1.807, 2.05) is 0 Å². The zero-order valence-corrected chi connectivity index (χ0v) is 12.8. The average molecular weight is 308 g/mol. The molecule has 0 aromatic heterocycles. The first-order chi connectivity index (χ1) is 10.3. The lowest BCUT2D eigenvalue weighted by Crippen LogP contribution is -2.46. The van der Waals surface area contributed by atoms with Gasteiger partial charge in [0.25, 0.3) is 5.91 Å². The Bertz CT molecular complexity index is 539. The maximum Gasteiger partial charge on any atom is 0.321 e. The minimum absolute atomic E-state index is 0.0317. The predicted octanol–water partition coefficient (Wildman–Crippen LogP) is 1.10. The van der Waals surface area contributed by atoms with Crippen LogP contribution in [0.2, 0.25) is 0 Å². The van der Waals surface area contributed by atoms with Gasteiger partial charge in [-0.3, -0.25) is 14.9 Å². The average Bonchev–Trinajstić information content (AvgIpc) is 2.40. The van der Waals surface area contributed by atoms with Gasteiger partial charge in [-0.05, 0) is 38.5 Å². The van der Waals surface area contributed by atoms with Crippen LogP contribution in [0.15, 0.2) is 24.3 Å². The van der Waals surface area contributed by atoms with Crippen molar-refractivity contribution >= 4 is 17.9 Å². The summed E-state index contributed by atoms with van der Waals surface area (Å²) in [5, 5.41) is 13.7. The Hall–Kier alpha value is -2.57. The third-order valence-electron chi connectivity index (χ3n) is 2.62. The van der Waals surface area contributed by atoms with Gasteiger partial charge in [0.05, 0.1) is 6.42 Å². The number of urea groups is 1. The SMILES string of the molecule is CC(C)NC(=O)NC(=O)[C@H](C)OC(=O)Cc1ccc(O)cc1. The topological polar surface area (TPSA) is 105 Å². The van der Waals surface area contributed by atoms with Crippen molar-refractivity contribution in [2.24, 2.45) is 0 Å². The first-order valence-electron chi connectivity index (χ1n) is 6.86. The highest BCUT2D eigenvalue weighted by Gasteiger charge is 2.20. The monoisotopic (exact) mass is 308 g/mol. The number of esters is 1. The van der Waals surface area contributed by atoms with E-state index < -0.39 is 24.0 Å². The summed E-state index contributed by atoms with van der Waals surface area (Å²) >= 11 is 0. The zero-order chi connectivity index (χ0) is 16.7. The van der Waals surface area contributed by atoms with Crippen molar-refractivity contribution in [1.29, 1.82) is 0 Å². The lowest BCUT2D eigenvalue weighted by Gasteiger charge is -2.14. The molecule has 0 saturated carbocycles. The third-order valence-corrected chi connectivity index (χ3v) is 2.62. The van der Waals surface area contributed by atoms with Gasteiger partial charge in [-0.1, -0.05) is 12.1 Å². The molecule has 1 aromatic carbocycles. The quantitative estimate of drug-likeness (QED) is 0.707. The van der Waals surface area contributed by atoms with E-state index in [1.54, 1.807) is 26.0 Å². The number of carbonyl (C=O) groups is 3. The van der Waals surface area contributed by atoms with E-state index in [0.717, 1.165) is 0 Å². The van der Waals surface area contributed by atoms with Gasteiger partial charge in [0.15, 0.2) is 6.10 Å². The summed E-state index contributed by atoms with van der Waals surface area (Å²) in [6, 6.07) is 5.32. The molecule has 0 bridgehead atoms. The number of benzene rings is 1. The van der Waals surface area contributed by atoms with E-state index in [9.17, 15) is 14.4 Å². The summed E-state index contributed by atoms with van der Waals surface area (Å²) in [7, 11) is 0. The van der Waals surface area contributed by atoms with Crippen molar-refractivity contribution < 1.29 is 24.2 Å². The van der Waals surface area contributed by atoms with Gasteiger partial charge < -0.3 is 15.2 Å². The summed E-state index contributed by atoms with van der Waals surface area (Å²) in [5.41, 5.74) is 0.646. The summed E-state index contributed by atoms with van der Waals surface area (Å²) in [4.78, 5) is 34.8. The molecular weight excluding hydrogens is 288 g/mol. The summed E-state index contributed by atoms with van der Waals surface area (Å²) in [6.07, 6.45) is -1.11. The number of phenols is 1. The fourth-order valence-corrected chi connectivity index (χ4v) is 1.58. The van der Waals surface area contributed by atoms with Crippen molar-refractivity contribution in [3.63, 3.8) is 0 Å². The van der Waals surface area contributed by atoms with E-state index in [-0.39, 0.29) is 18.2 Å². The maximum absolute atomic E-state index is 11.7. The van der Waals surface area contributed by atoms with Crippen LogP contribution in [0.1, 0.15) is 26.3 Å². The molecule has 0 spiro atoms. The molecule has 0 aliphatic rings. The molecule has 0 fully saturated rings. The van der Waals surface area contributed by atoms with Gasteiger partial charge in [0.2, 0.25) is 0 Å². The van der Waals surface area contributed by atoms with Gasteiger partial charge in [-0.2, -0.15) is 0 Å². The normalized spacial score (nSPS) is 11.6. The molecule has 7 heteroatoms. The molecule has 0 saturated heterocycles. The number of rotatable bonds is 5. The van der Waals surface area contributed by atoms with Crippen LogP contribution in [0.3, 0.4) is 0 Å². The van der Waals surface area contributed by atoms with Crippen LogP contribution in [-0.2, 0) is 20.7 Å². The Morgan fingerprint density at radius 3 is 2.27 bits per heavy atom. The number of hydrogen-bond donors (Lipinski definition) is 3. The van der Waals surface area contributed by atoms with Crippen LogP contribution in [-0.4, -0.2) is 35.2 Å². The lowest BCUT2D eigenvalue weighted by molar-refractivity contribution is -0.153. The molecule has 7 nitrogen and oxygen atoms in total. The van der Waals surface area contributed by atoms with Crippen molar-refractivity contribution in [1.82, 2.24) is 10.6 Å². The van der Waals surface area contributed by atoms with Crippen LogP contribution >= 0.6 is 0 Å². The molecule has 0 radical (unpaired) electrons. The van der Waals surface area contributed by atoms with Crippen LogP contribution < -0.4 is 10.6 Å². The van der Waals surface area contributed by atoms with Gasteiger partial charge >= 0.3 is 12.0 Å². The van der Waals surface area contributed by atoms with Gasteiger partial charge in [-0.25, -0.2) is 4.79 Å². The second kappa shape index (κ2) is 8.02. The van der Waals surface area contributed by atoms with Crippen LogP contribution in [0, 0.1) is 0 Å². The molecule has 120 valence electrons. The number of hydrogen-bond acceptors (Lipinski definition) is 5. The Labute approximate surface area is 128 Å². The summed E-state index contributed by atoms with van der Waals surface area (Å²) in [5.74, 6) is -1.20. The molecule has 0 aliphatic heterocycles. The number of ether oxygens (including phenoxy) is 1. The second-order valence-corrected chi connectivity index (χ2v) is 5.09. The first-order valence-corrected chi connectivity index (χ1v) is 6.86. The molecule has 0 unspecified atom stereocenters. The van der Waals surface area contributed by atoms with Gasteiger partial charge in [0, 0.05) is 6.04 Å². The van der Waals surface area contributed by atoms with E-state index >= 15 is 0 Å². The Kier molecular flexibility index (Phi) is 6.37. The van der Waals surface area contributed by atoms with Gasteiger partial charge in [-0.15, -0.1) is 0 Å². The maximum atomic E-state index is 11.7.